The van der Waals surface area contributed by atoms with Crippen molar-refractivity contribution in [3.8, 4) is 5.88 Å². The van der Waals surface area contributed by atoms with Crippen LogP contribution in [0.2, 0.25) is 0 Å². The second-order valence-corrected chi connectivity index (χ2v) is 3.40. The molecule has 2 aromatic rings. The van der Waals surface area contributed by atoms with Crippen LogP contribution in [0.25, 0.3) is 0 Å². The molecular formula is C12H13N3O. The molecule has 4 heteroatoms. The van der Waals surface area contributed by atoms with Crippen LogP contribution in [-0.4, -0.2) is 17.1 Å². The van der Waals surface area contributed by atoms with Crippen molar-refractivity contribution in [3.05, 3.63) is 54.0 Å². The summed E-state index contributed by atoms with van der Waals surface area (Å²) in [5.41, 5.74) is 7.99. The van der Waals surface area contributed by atoms with Crippen LogP contribution in [0.3, 0.4) is 0 Å². The first kappa shape index (κ1) is 10.6. The van der Waals surface area contributed by atoms with Crippen molar-refractivity contribution in [1.29, 1.82) is 0 Å². The highest BCUT2D eigenvalue weighted by atomic mass is 16.5. The van der Waals surface area contributed by atoms with E-state index in [0.29, 0.717) is 5.88 Å². The maximum Gasteiger partial charge on any atom is 0.212 e. The fourth-order valence-corrected chi connectivity index (χ4v) is 1.45. The minimum atomic E-state index is -0.202. The molecule has 0 saturated carbocycles. The minimum Gasteiger partial charge on any atom is -0.481 e. The van der Waals surface area contributed by atoms with Crippen molar-refractivity contribution in [1.82, 2.24) is 9.97 Å². The zero-order chi connectivity index (χ0) is 11.4. The van der Waals surface area contributed by atoms with Gasteiger partial charge in [0, 0.05) is 24.7 Å². The van der Waals surface area contributed by atoms with Crippen molar-refractivity contribution >= 4 is 0 Å². The lowest BCUT2D eigenvalue weighted by atomic mass is 10.0. The largest absolute Gasteiger partial charge is 0.481 e. The monoisotopic (exact) mass is 215 g/mol. The fourth-order valence-electron chi connectivity index (χ4n) is 1.45. The number of ether oxygens (including phenoxy) is 1. The molecule has 2 aromatic heterocycles. The molecule has 0 aliphatic rings. The van der Waals surface area contributed by atoms with E-state index in [4.69, 9.17) is 10.5 Å². The van der Waals surface area contributed by atoms with E-state index in [0.717, 1.165) is 11.1 Å². The molecule has 82 valence electrons. The average molecular weight is 215 g/mol. The number of hydrogen-bond acceptors (Lipinski definition) is 4. The molecule has 0 amide bonds. The maximum absolute atomic E-state index is 6.09. The van der Waals surface area contributed by atoms with Crippen LogP contribution in [0.5, 0.6) is 5.88 Å². The van der Waals surface area contributed by atoms with Gasteiger partial charge < -0.3 is 10.5 Å². The van der Waals surface area contributed by atoms with Crippen LogP contribution < -0.4 is 10.5 Å². The lowest BCUT2D eigenvalue weighted by Gasteiger charge is -2.11. The summed E-state index contributed by atoms with van der Waals surface area (Å²) in [4.78, 5) is 8.16. The van der Waals surface area contributed by atoms with Crippen molar-refractivity contribution in [2.75, 3.05) is 7.11 Å². The molecule has 0 aliphatic heterocycles. The molecule has 1 atom stereocenters. The predicted octanol–water partition coefficient (Wildman–Crippen LogP) is 1.53. The second kappa shape index (κ2) is 4.72. The van der Waals surface area contributed by atoms with Crippen LogP contribution in [0.15, 0.2) is 42.9 Å². The van der Waals surface area contributed by atoms with Crippen LogP contribution in [0.1, 0.15) is 17.2 Å². The van der Waals surface area contributed by atoms with Crippen LogP contribution in [-0.2, 0) is 0 Å². The standard InChI is InChI=1S/C12H13N3O/c1-16-11-5-4-10(8-15-11)12(13)9-3-2-6-14-7-9/h2-8,12H,13H2,1H3. The maximum atomic E-state index is 6.09. The van der Waals surface area contributed by atoms with Gasteiger partial charge in [-0.3, -0.25) is 4.98 Å². The topological polar surface area (TPSA) is 61.0 Å². The minimum absolute atomic E-state index is 0.202. The molecule has 0 saturated heterocycles. The lowest BCUT2D eigenvalue weighted by Crippen LogP contribution is -2.12. The third kappa shape index (κ3) is 2.17. The average Bonchev–Trinajstić information content (AvgIpc) is 2.39. The van der Waals surface area contributed by atoms with Crippen molar-refractivity contribution in [2.45, 2.75) is 6.04 Å². The van der Waals surface area contributed by atoms with Crippen molar-refractivity contribution < 1.29 is 4.74 Å². The molecule has 0 bridgehead atoms. The predicted molar refractivity (Wildman–Crippen MR) is 61.1 cm³/mol. The molecule has 1 unspecified atom stereocenters. The second-order valence-electron chi connectivity index (χ2n) is 3.40. The fraction of sp³-hybridized carbons (Fsp3) is 0.167. The number of pyridine rings is 2. The molecule has 4 nitrogen and oxygen atoms in total. The molecule has 2 N–H and O–H groups in total. The van der Waals surface area contributed by atoms with Gasteiger partial charge in [0.05, 0.1) is 13.2 Å². The molecule has 16 heavy (non-hydrogen) atoms. The highest BCUT2D eigenvalue weighted by Gasteiger charge is 2.08. The molecule has 0 aliphatic carbocycles. The Balaban J connectivity index is 2.24. The first-order chi connectivity index (χ1) is 7.81. The van der Waals surface area contributed by atoms with Crippen LogP contribution in [0, 0.1) is 0 Å². The summed E-state index contributed by atoms with van der Waals surface area (Å²) in [6.45, 7) is 0. The summed E-state index contributed by atoms with van der Waals surface area (Å²) in [5.74, 6) is 0.585. The van der Waals surface area contributed by atoms with Gasteiger partial charge in [0.15, 0.2) is 0 Å². The summed E-state index contributed by atoms with van der Waals surface area (Å²) in [5, 5.41) is 0. The van der Waals surface area contributed by atoms with E-state index in [1.54, 1.807) is 31.8 Å². The SMILES string of the molecule is COc1ccc(C(N)c2cccnc2)cn1. The van der Waals surface area contributed by atoms with Crippen LogP contribution >= 0.6 is 0 Å². The van der Waals surface area contributed by atoms with Gasteiger partial charge in [-0.2, -0.15) is 0 Å². The van der Waals surface area contributed by atoms with Gasteiger partial charge in [0.25, 0.3) is 0 Å². The van der Waals surface area contributed by atoms with Crippen molar-refractivity contribution in [3.63, 3.8) is 0 Å². The van der Waals surface area contributed by atoms with Crippen LogP contribution in [0.4, 0.5) is 0 Å². The smallest absolute Gasteiger partial charge is 0.212 e. The van der Waals surface area contributed by atoms with Gasteiger partial charge in [-0.05, 0) is 17.2 Å². The Hall–Kier alpha value is -1.94. The Kier molecular flexibility index (Phi) is 3.12. The van der Waals surface area contributed by atoms with Gasteiger partial charge >= 0.3 is 0 Å². The van der Waals surface area contributed by atoms with Gasteiger partial charge in [-0.15, -0.1) is 0 Å². The first-order valence-corrected chi connectivity index (χ1v) is 4.96. The number of nitrogens with two attached hydrogens (primary N) is 1. The number of rotatable bonds is 3. The Labute approximate surface area is 94.1 Å². The normalized spacial score (nSPS) is 12.1. The number of aromatic nitrogens is 2. The van der Waals surface area contributed by atoms with E-state index in [1.807, 2.05) is 18.2 Å². The Morgan fingerprint density at radius 2 is 2.00 bits per heavy atom. The third-order valence-corrected chi connectivity index (χ3v) is 2.37. The molecule has 0 aromatic carbocycles. The summed E-state index contributed by atoms with van der Waals surface area (Å²) >= 11 is 0. The highest BCUT2D eigenvalue weighted by Crippen LogP contribution is 2.19. The first-order valence-electron chi connectivity index (χ1n) is 4.96. The zero-order valence-corrected chi connectivity index (χ0v) is 9.00. The molecular weight excluding hydrogens is 202 g/mol. The zero-order valence-electron chi connectivity index (χ0n) is 9.00. The molecule has 2 rings (SSSR count). The summed E-state index contributed by atoms with van der Waals surface area (Å²) in [6.07, 6.45) is 5.20. The molecule has 0 spiro atoms. The summed E-state index contributed by atoms with van der Waals surface area (Å²) in [7, 11) is 1.59. The van der Waals surface area contributed by atoms with Gasteiger partial charge in [0.2, 0.25) is 5.88 Å². The summed E-state index contributed by atoms with van der Waals surface area (Å²) in [6, 6.07) is 7.32. The molecule has 2 heterocycles. The molecule has 0 fully saturated rings. The number of hydrogen-bond donors (Lipinski definition) is 1. The number of nitrogens with zero attached hydrogens (tertiary/aromatic N) is 2. The Morgan fingerprint density at radius 1 is 1.19 bits per heavy atom. The van der Waals surface area contributed by atoms with E-state index in [-0.39, 0.29) is 6.04 Å². The molecule has 0 radical (unpaired) electrons. The van der Waals surface area contributed by atoms with Gasteiger partial charge in [0.1, 0.15) is 0 Å². The van der Waals surface area contributed by atoms with E-state index >= 15 is 0 Å². The highest BCUT2D eigenvalue weighted by molar-refractivity contribution is 5.29. The van der Waals surface area contributed by atoms with E-state index in [1.165, 1.54) is 0 Å². The lowest BCUT2D eigenvalue weighted by molar-refractivity contribution is 0.397. The van der Waals surface area contributed by atoms with Crippen molar-refractivity contribution in [2.24, 2.45) is 5.73 Å². The quantitative estimate of drug-likeness (QED) is 0.843. The van der Waals surface area contributed by atoms with Gasteiger partial charge in [-0.1, -0.05) is 12.1 Å². The van der Waals surface area contributed by atoms with E-state index in [9.17, 15) is 0 Å². The third-order valence-electron chi connectivity index (χ3n) is 2.37. The van der Waals surface area contributed by atoms with E-state index in [2.05, 4.69) is 9.97 Å². The number of methoxy groups -OCH3 is 1. The summed E-state index contributed by atoms with van der Waals surface area (Å²) < 4.78 is 4.99. The Bertz CT molecular complexity index is 442. The van der Waals surface area contributed by atoms with Gasteiger partial charge in [-0.25, -0.2) is 4.98 Å². The van der Waals surface area contributed by atoms with E-state index < -0.39 is 0 Å². The Morgan fingerprint density at radius 3 is 2.56 bits per heavy atom.